The van der Waals surface area contributed by atoms with Crippen molar-refractivity contribution in [2.45, 2.75) is 52.6 Å². The summed E-state index contributed by atoms with van der Waals surface area (Å²) < 4.78 is 3.09. The summed E-state index contributed by atoms with van der Waals surface area (Å²) in [4.78, 5) is 5.51. The SMILES string of the molecule is CCc1c[nH]c(=S)n1CCCCN(C)C(C)C. The molecule has 1 N–H and O–H groups in total. The van der Waals surface area contributed by atoms with Gasteiger partial charge in [0.15, 0.2) is 4.77 Å². The molecule has 0 aliphatic rings. The van der Waals surface area contributed by atoms with Gasteiger partial charge in [-0.25, -0.2) is 0 Å². The van der Waals surface area contributed by atoms with E-state index in [-0.39, 0.29) is 0 Å². The number of imidazole rings is 1. The van der Waals surface area contributed by atoms with Gasteiger partial charge in [0.2, 0.25) is 0 Å². The highest BCUT2D eigenvalue weighted by Gasteiger charge is 2.04. The first kappa shape index (κ1) is 14.5. The lowest BCUT2D eigenvalue weighted by atomic mass is 10.2. The van der Waals surface area contributed by atoms with E-state index >= 15 is 0 Å². The molecule has 4 heteroatoms. The van der Waals surface area contributed by atoms with Crippen molar-refractivity contribution >= 4 is 12.2 Å². The van der Waals surface area contributed by atoms with Crippen LogP contribution in [0.4, 0.5) is 0 Å². The van der Waals surface area contributed by atoms with E-state index in [1.807, 2.05) is 6.20 Å². The van der Waals surface area contributed by atoms with Crippen molar-refractivity contribution in [2.75, 3.05) is 13.6 Å². The maximum absolute atomic E-state index is 5.28. The zero-order valence-corrected chi connectivity index (χ0v) is 12.3. The fourth-order valence-electron chi connectivity index (χ4n) is 1.86. The number of hydrogen-bond donors (Lipinski definition) is 1. The molecule has 98 valence electrons. The van der Waals surface area contributed by atoms with E-state index in [4.69, 9.17) is 12.2 Å². The Bertz CT molecular complexity index is 378. The van der Waals surface area contributed by atoms with Gasteiger partial charge < -0.3 is 14.5 Å². The number of nitrogens with zero attached hydrogens (tertiary/aromatic N) is 2. The smallest absolute Gasteiger partial charge is 0.177 e. The predicted octanol–water partition coefficient (Wildman–Crippen LogP) is 3.23. The maximum atomic E-state index is 5.28. The molecule has 0 aromatic carbocycles. The summed E-state index contributed by atoms with van der Waals surface area (Å²) in [5.74, 6) is 0. The molecule has 0 atom stereocenters. The lowest BCUT2D eigenvalue weighted by molar-refractivity contribution is 0.266. The van der Waals surface area contributed by atoms with Crippen molar-refractivity contribution in [1.29, 1.82) is 0 Å². The molecule has 0 saturated carbocycles. The van der Waals surface area contributed by atoms with E-state index in [1.54, 1.807) is 0 Å². The van der Waals surface area contributed by atoms with Gasteiger partial charge in [0.05, 0.1) is 0 Å². The van der Waals surface area contributed by atoms with Crippen LogP contribution < -0.4 is 0 Å². The average Bonchev–Trinajstić information content (AvgIpc) is 2.65. The molecule has 0 amide bonds. The van der Waals surface area contributed by atoms with E-state index < -0.39 is 0 Å². The minimum Gasteiger partial charge on any atom is -0.337 e. The van der Waals surface area contributed by atoms with Crippen LogP contribution in [-0.4, -0.2) is 34.1 Å². The Morgan fingerprint density at radius 2 is 2.12 bits per heavy atom. The van der Waals surface area contributed by atoms with Crippen LogP contribution in [0.5, 0.6) is 0 Å². The molecule has 0 spiro atoms. The third-order valence-electron chi connectivity index (χ3n) is 3.34. The Kier molecular flexibility index (Phi) is 5.92. The van der Waals surface area contributed by atoms with E-state index in [0.29, 0.717) is 6.04 Å². The molecule has 0 saturated heterocycles. The van der Waals surface area contributed by atoms with Crippen molar-refractivity contribution < 1.29 is 0 Å². The van der Waals surface area contributed by atoms with Crippen molar-refractivity contribution in [3.8, 4) is 0 Å². The van der Waals surface area contributed by atoms with E-state index in [1.165, 1.54) is 18.5 Å². The molecule has 0 radical (unpaired) electrons. The quantitative estimate of drug-likeness (QED) is 0.597. The highest BCUT2D eigenvalue weighted by atomic mass is 32.1. The van der Waals surface area contributed by atoms with E-state index in [0.717, 1.165) is 24.3 Å². The number of aromatic nitrogens is 2. The monoisotopic (exact) mass is 255 g/mol. The summed E-state index contributed by atoms with van der Waals surface area (Å²) in [6.07, 6.45) is 5.49. The third-order valence-corrected chi connectivity index (χ3v) is 3.68. The molecule has 17 heavy (non-hydrogen) atoms. The summed E-state index contributed by atoms with van der Waals surface area (Å²) in [6, 6.07) is 0.635. The van der Waals surface area contributed by atoms with Gasteiger partial charge in [0.1, 0.15) is 0 Å². The normalized spacial score (nSPS) is 11.6. The molecule has 1 aromatic heterocycles. The van der Waals surface area contributed by atoms with Gasteiger partial charge in [-0.1, -0.05) is 6.92 Å². The Morgan fingerprint density at radius 1 is 1.41 bits per heavy atom. The Morgan fingerprint density at radius 3 is 2.71 bits per heavy atom. The van der Waals surface area contributed by atoms with E-state index in [2.05, 4.69) is 42.3 Å². The van der Waals surface area contributed by atoms with Gasteiger partial charge in [-0.05, 0) is 58.9 Å². The van der Waals surface area contributed by atoms with Gasteiger partial charge in [0.25, 0.3) is 0 Å². The molecule has 0 aliphatic heterocycles. The highest BCUT2D eigenvalue weighted by Crippen LogP contribution is 2.06. The summed E-state index contributed by atoms with van der Waals surface area (Å²) in [7, 11) is 2.18. The zero-order valence-electron chi connectivity index (χ0n) is 11.5. The first-order valence-electron chi connectivity index (χ1n) is 6.53. The Hall–Kier alpha value is -0.610. The summed E-state index contributed by atoms with van der Waals surface area (Å²) in [5, 5.41) is 0. The molecule has 0 bridgehead atoms. The van der Waals surface area contributed by atoms with Crippen molar-refractivity contribution in [1.82, 2.24) is 14.5 Å². The number of nitrogens with one attached hydrogen (secondary N) is 1. The fourth-order valence-corrected chi connectivity index (χ4v) is 2.13. The van der Waals surface area contributed by atoms with Crippen LogP contribution >= 0.6 is 12.2 Å². The van der Waals surface area contributed by atoms with Crippen molar-refractivity contribution in [2.24, 2.45) is 0 Å². The Balaban J connectivity index is 2.36. The molecule has 3 nitrogen and oxygen atoms in total. The summed E-state index contributed by atoms with van der Waals surface area (Å²) in [5.41, 5.74) is 1.31. The molecule has 1 heterocycles. The summed E-state index contributed by atoms with van der Waals surface area (Å²) >= 11 is 5.28. The molecule has 0 aliphatic carbocycles. The van der Waals surface area contributed by atoms with Crippen LogP contribution in [0.1, 0.15) is 39.3 Å². The summed E-state index contributed by atoms with van der Waals surface area (Å²) in [6.45, 7) is 8.84. The Labute approximate surface area is 110 Å². The first-order valence-corrected chi connectivity index (χ1v) is 6.94. The molecular formula is C13H25N3S. The third kappa shape index (κ3) is 4.28. The topological polar surface area (TPSA) is 24.0 Å². The minimum absolute atomic E-state index is 0.635. The van der Waals surface area contributed by atoms with Crippen LogP contribution in [-0.2, 0) is 13.0 Å². The van der Waals surface area contributed by atoms with Crippen LogP contribution in [0.2, 0.25) is 0 Å². The molecule has 1 rings (SSSR count). The molecule has 0 unspecified atom stereocenters. The molecule has 1 aromatic rings. The average molecular weight is 255 g/mol. The maximum Gasteiger partial charge on any atom is 0.177 e. The fraction of sp³-hybridized carbons (Fsp3) is 0.769. The number of aromatic amines is 1. The second-order valence-corrected chi connectivity index (χ2v) is 5.26. The van der Waals surface area contributed by atoms with Crippen molar-refractivity contribution in [3.63, 3.8) is 0 Å². The standard InChI is InChI=1S/C13H25N3S/c1-5-12-10-14-13(17)16(12)9-7-6-8-15(4)11(2)3/h10-11H,5-9H2,1-4H3,(H,14,17). The number of unbranched alkanes of at least 4 members (excludes halogenated alkanes) is 1. The van der Waals surface area contributed by atoms with Crippen LogP contribution in [0.3, 0.4) is 0 Å². The molecule has 0 fully saturated rings. The van der Waals surface area contributed by atoms with Gasteiger partial charge in [-0.3, -0.25) is 0 Å². The van der Waals surface area contributed by atoms with Gasteiger partial charge >= 0.3 is 0 Å². The van der Waals surface area contributed by atoms with Crippen LogP contribution in [0, 0.1) is 4.77 Å². The molecular weight excluding hydrogens is 230 g/mol. The lowest BCUT2D eigenvalue weighted by Crippen LogP contribution is -2.27. The van der Waals surface area contributed by atoms with Gasteiger partial charge in [-0.2, -0.15) is 0 Å². The second-order valence-electron chi connectivity index (χ2n) is 4.87. The van der Waals surface area contributed by atoms with Crippen molar-refractivity contribution in [3.05, 3.63) is 16.7 Å². The van der Waals surface area contributed by atoms with E-state index in [9.17, 15) is 0 Å². The van der Waals surface area contributed by atoms with Crippen LogP contribution in [0.25, 0.3) is 0 Å². The second kappa shape index (κ2) is 6.97. The van der Waals surface area contributed by atoms with Gasteiger partial charge in [0, 0.05) is 24.5 Å². The number of rotatable bonds is 7. The highest BCUT2D eigenvalue weighted by molar-refractivity contribution is 7.71. The largest absolute Gasteiger partial charge is 0.337 e. The first-order chi connectivity index (χ1) is 8.06. The number of aryl methyl sites for hydroxylation is 1. The number of H-pyrrole nitrogens is 1. The number of hydrogen-bond acceptors (Lipinski definition) is 2. The minimum atomic E-state index is 0.635. The van der Waals surface area contributed by atoms with Crippen LogP contribution in [0.15, 0.2) is 6.20 Å². The lowest BCUT2D eigenvalue weighted by Gasteiger charge is -2.20. The zero-order chi connectivity index (χ0) is 12.8. The predicted molar refractivity (Wildman–Crippen MR) is 76.0 cm³/mol. The van der Waals surface area contributed by atoms with Gasteiger partial charge in [-0.15, -0.1) is 0 Å².